The third-order valence-corrected chi connectivity index (χ3v) is 2.83. The number of methoxy groups -OCH3 is 1. The van der Waals surface area contributed by atoms with Gasteiger partial charge in [-0.25, -0.2) is 4.98 Å². The fourth-order valence-corrected chi connectivity index (χ4v) is 1.78. The first-order valence-electron chi connectivity index (χ1n) is 6.56. The Kier molecular flexibility index (Phi) is 4.94. The highest BCUT2D eigenvalue weighted by molar-refractivity contribution is 5.91. The maximum Gasteiger partial charge on any atom is 0.263 e. The van der Waals surface area contributed by atoms with Crippen molar-refractivity contribution in [1.29, 1.82) is 5.26 Å². The Bertz CT molecular complexity index is 723. The van der Waals surface area contributed by atoms with Crippen molar-refractivity contribution >= 4 is 11.7 Å². The topological polar surface area (TPSA) is 84.2 Å². The fourth-order valence-electron chi connectivity index (χ4n) is 1.78. The predicted molar refractivity (Wildman–Crippen MR) is 80.8 cm³/mol. The molecule has 0 aliphatic rings. The van der Waals surface area contributed by atoms with Gasteiger partial charge in [0.15, 0.2) is 18.1 Å². The number of pyridine rings is 1. The molecule has 1 heterocycles. The van der Waals surface area contributed by atoms with Crippen LogP contribution in [0.2, 0.25) is 0 Å². The van der Waals surface area contributed by atoms with Crippen molar-refractivity contribution in [2.45, 2.75) is 6.92 Å². The molecule has 0 atom stereocenters. The molecule has 0 aliphatic heterocycles. The number of ether oxygens (including phenoxy) is 2. The van der Waals surface area contributed by atoms with Gasteiger partial charge in [0.05, 0.1) is 18.7 Å². The molecule has 0 spiro atoms. The summed E-state index contributed by atoms with van der Waals surface area (Å²) < 4.78 is 10.6. The molecule has 2 aromatic rings. The molecule has 6 heteroatoms. The largest absolute Gasteiger partial charge is 0.493 e. The number of anilines is 1. The second-order valence-electron chi connectivity index (χ2n) is 4.53. The fraction of sp³-hybridized carbons (Fsp3) is 0.188. The number of nitrogens with one attached hydrogen (secondary N) is 1. The van der Waals surface area contributed by atoms with Crippen molar-refractivity contribution in [2.75, 3.05) is 19.0 Å². The number of hydrogen-bond acceptors (Lipinski definition) is 5. The van der Waals surface area contributed by atoms with E-state index in [1.807, 2.05) is 19.1 Å². The highest BCUT2D eigenvalue weighted by Crippen LogP contribution is 2.27. The molecule has 0 fully saturated rings. The summed E-state index contributed by atoms with van der Waals surface area (Å²) in [6.07, 6.45) is 1.62. The summed E-state index contributed by atoms with van der Waals surface area (Å²) >= 11 is 0. The van der Waals surface area contributed by atoms with E-state index in [1.54, 1.807) is 30.5 Å². The molecule has 22 heavy (non-hydrogen) atoms. The van der Waals surface area contributed by atoms with Gasteiger partial charge < -0.3 is 14.8 Å². The van der Waals surface area contributed by atoms with Crippen LogP contribution >= 0.6 is 0 Å². The van der Waals surface area contributed by atoms with Crippen LogP contribution in [0.1, 0.15) is 11.1 Å². The average molecular weight is 297 g/mol. The van der Waals surface area contributed by atoms with Gasteiger partial charge in [-0.1, -0.05) is 0 Å². The first-order chi connectivity index (χ1) is 10.6. The molecule has 2 rings (SSSR count). The third-order valence-electron chi connectivity index (χ3n) is 2.83. The van der Waals surface area contributed by atoms with Crippen molar-refractivity contribution in [1.82, 2.24) is 4.98 Å². The van der Waals surface area contributed by atoms with Gasteiger partial charge in [0.1, 0.15) is 5.82 Å². The molecular formula is C16H15N3O3. The summed E-state index contributed by atoms with van der Waals surface area (Å²) in [7, 11) is 1.47. The van der Waals surface area contributed by atoms with Gasteiger partial charge in [0, 0.05) is 12.3 Å². The average Bonchev–Trinajstić information content (AvgIpc) is 2.52. The number of carbonyl (C=O) groups excluding carboxylic acids is 1. The molecule has 0 saturated carbocycles. The van der Waals surface area contributed by atoms with E-state index in [1.165, 1.54) is 7.11 Å². The number of aromatic nitrogens is 1. The zero-order valence-corrected chi connectivity index (χ0v) is 12.3. The number of nitriles is 1. The lowest BCUT2D eigenvalue weighted by Gasteiger charge is -2.11. The van der Waals surface area contributed by atoms with Gasteiger partial charge in [-0.15, -0.1) is 0 Å². The Morgan fingerprint density at radius 3 is 2.82 bits per heavy atom. The van der Waals surface area contributed by atoms with Crippen LogP contribution < -0.4 is 14.8 Å². The van der Waals surface area contributed by atoms with Gasteiger partial charge in [0.2, 0.25) is 0 Å². The molecule has 1 amide bonds. The molecule has 6 nitrogen and oxygen atoms in total. The summed E-state index contributed by atoms with van der Waals surface area (Å²) in [6.45, 7) is 1.73. The van der Waals surface area contributed by atoms with Crippen molar-refractivity contribution in [3.63, 3.8) is 0 Å². The van der Waals surface area contributed by atoms with Gasteiger partial charge in [-0.2, -0.15) is 5.26 Å². The lowest BCUT2D eigenvalue weighted by Crippen LogP contribution is -2.21. The quantitative estimate of drug-likeness (QED) is 0.915. The summed E-state index contributed by atoms with van der Waals surface area (Å²) in [4.78, 5) is 15.9. The molecular weight excluding hydrogens is 282 g/mol. The number of carbonyl (C=O) groups is 1. The monoisotopic (exact) mass is 297 g/mol. The number of benzene rings is 1. The SMILES string of the molecule is COc1cc(C#N)ccc1OCC(=O)Nc1cc(C)ccn1. The van der Waals surface area contributed by atoms with E-state index in [2.05, 4.69) is 10.3 Å². The Hall–Kier alpha value is -3.07. The van der Waals surface area contributed by atoms with Crippen LogP contribution in [0.15, 0.2) is 36.5 Å². The van der Waals surface area contributed by atoms with E-state index in [4.69, 9.17) is 14.7 Å². The lowest BCUT2D eigenvalue weighted by atomic mass is 10.2. The molecule has 1 aromatic carbocycles. The van der Waals surface area contributed by atoms with Crippen LogP contribution in [0.3, 0.4) is 0 Å². The highest BCUT2D eigenvalue weighted by Gasteiger charge is 2.09. The van der Waals surface area contributed by atoms with Crippen LogP contribution in [0.25, 0.3) is 0 Å². The maximum absolute atomic E-state index is 11.9. The van der Waals surface area contributed by atoms with E-state index in [9.17, 15) is 4.79 Å². The van der Waals surface area contributed by atoms with E-state index in [0.29, 0.717) is 22.9 Å². The zero-order valence-electron chi connectivity index (χ0n) is 12.3. The number of amides is 1. The number of aryl methyl sites for hydroxylation is 1. The van der Waals surface area contributed by atoms with Gasteiger partial charge in [-0.05, 0) is 36.8 Å². The minimum Gasteiger partial charge on any atom is -0.493 e. The normalized spacial score (nSPS) is 9.68. The molecule has 0 radical (unpaired) electrons. The Balaban J connectivity index is 1.98. The molecule has 0 unspecified atom stereocenters. The summed E-state index contributed by atoms with van der Waals surface area (Å²) in [6, 6.07) is 10.4. The molecule has 112 valence electrons. The minimum absolute atomic E-state index is 0.183. The highest BCUT2D eigenvalue weighted by atomic mass is 16.5. The summed E-state index contributed by atoms with van der Waals surface area (Å²) in [5, 5.41) is 11.5. The minimum atomic E-state index is -0.329. The van der Waals surface area contributed by atoms with Crippen LogP contribution in [0.4, 0.5) is 5.82 Å². The molecule has 1 aromatic heterocycles. The first-order valence-corrected chi connectivity index (χ1v) is 6.56. The van der Waals surface area contributed by atoms with Gasteiger partial charge >= 0.3 is 0 Å². The molecule has 0 aliphatic carbocycles. The van der Waals surface area contributed by atoms with Crippen molar-refractivity contribution < 1.29 is 14.3 Å². The Morgan fingerprint density at radius 1 is 1.32 bits per heavy atom. The van der Waals surface area contributed by atoms with E-state index in [0.717, 1.165) is 5.56 Å². The number of nitrogens with zero attached hydrogens (tertiary/aromatic N) is 2. The predicted octanol–water partition coefficient (Wildman–Crippen LogP) is 2.29. The van der Waals surface area contributed by atoms with E-state index >= 15 is 0 Å². The van der Waals surface area contributed by atoms with Crippen LogP contribution in [0, 0.1) is 18.3 Å². The Labute approximate surface area is 128 Å². The van der Waals surface area contributed by atoms with Crippen molar-refractivity contribution in [3.05, 3.63) is 47.7 Å². The maximum atomic E-state index is 11.9. The van der Waals surface area contributed by atoms with E-state index in [-0.39, 0.29) is 12.5 Å². The van der Waals surface area contributed by atoms with Crippen molar-refractivity contribution in [2.24, 2.45) is 0 Å². The van der Waals surface area contributed by atoms with Crippen LogP contribution in [0.5, 0.6) is 11.5 Å². The van der Waals surface area contributed by atoms with Crippen LogP contribution in [-0.4, -0.2) is 24.6 Å². The second kappa shape index (κ2) is 7.09. The summed E-state index contributed by atoms with van der Waals surface area (Å²) in [5.41, 5.74) is 1.46. The standard InChI is InChI=1S/C16H15N3O3/c1-11-5-6-18-15(7-11)19-16(20)10-22-13-4-3-12(9-17)8-14(13)21-2/h3-8H,10H2,1-2H3,(H,18,19,20). The van der Waals surface area contributed by atoms with Crippen molar-refractivity contribution in [3.8, 4) is 17.6 Å². The van der Waals surface area contributed by atoms with Gasteiger partial charge in [0.25, 0.3) is 5.91 Å². The second-order valence-corrected chi connectivity index (χ2v) is 4.53. The zero-order chi connectivity index (χ0) is 15.9. The first kappa shape index (κ1) is 15.3. The Morgan fingerprint density at radius 2 is 2.14 bits per heavy atom. The van der Waals surface area contributed by atoms with E-state index < -0.39 is 0 Å². The number of rotatable bonds is 5. The molecule has 0 saturated heterocycles. The number of hydrogen-bond donors (Lipinski definition) is 1. The third kappa shape index (κ3) is 3.96. The van der Waals surface area contributed by atoms with Gasteiger partial charge in [-0.3, -0.25) is 4.79 Å². The lowest BCUT2D eigenvalue weighted by molar-refractivity contribution is -0.118. The molecule has 1 N–H and O–H groups in total. The summed E-state index contributed by atoms with van der Waals surface area (Å²) in [5.74, 6) is 0.944. The smallest absolute Gasteiger partial charge is 0.263 e. The molecule has 0 bridgehead atoms. The van der Waals surface area contributed by atoms with Crippen LogP contribution in [-0.2, 0) is 4.79 Å².